The Kier molecular flexibility index (Phi) is 3.46. The van der Waals surface area contributed by atoms with Gasteiger partial charge in [0, 0.05) is 5.39 Å². The maximum Gasteiger partial charge on any atom is 0.180 e. The van der Waals surface area contributed by atoms with E-state index in [1.54, 1.807) is 0 Å². The van der Waals surface area contributed by atoms with E-state index in [0.29, 0.717) is 5.88 Å². The van der Waals surface area contributed by atoms with Gasteiger partial charge in [0.2, 0.25) is 0 Å². The molecule has 0 spiro atoms. The van der Waals surface area contributed by atoms with E-state index in [-0.39, 0.29) is 6.10 Å². The lowest BCUT2D eigenvalue weighted by atomic mass is 10.1. The van der Waals surface area contributed by atoms with E-state index in [1.165, 1.54) is 5.39 Å². The van der Waals surface area contributed by atoms with Crippen molar-refractivity contribution in [2.45, 2.75) is 19.4 Å². The van der Waals surface area contributed by atoms with E-state index < -0.39 is 0 Å². The Hall–Kier alpha value is -2.23. The maximum atomic E-state index is 5.76. The summed E-state index contributed by atoms with van der Waals surface area (Å²) in [4.78, 5) is 6.88. The van der Waals surface area contributed by atoms with Gasteiger partial charge in [-0.1, -0.05) is 25.1 Å². The van der Waals surface area contributed by atoms with Gasteiger partial charge in [0.15, 0.2) is 5.88 Å². The molecule has 0 saturated carbocycles. The van der Waals surface area contributed by atoms with Gasteiger partial charge in [0.1, 0.15) is 11.9 Å². The summed E-state index contributed by atoms with van der Waals surface area (Å²) in [5, 5.41) is 1.17. The lowest BCUT2D eigenvalue weighted by Gasteiger charge is -2.39. The van der Waals surface area contributed by atoms with Gasteiger partial charge in [-0.05, 0) is 30.7 Å². The quantitative estimate of drug-likeness (QED) is 0.867. The van der Waals surface area contributed by atoms with Crippen LogP contribution in [0.15, 0.2) is 48.4 Å². The third-order valence-corrected chi connectivity index (χ3v) is 3.46. The van der Waals surface area contributed by atoms with Crippen molar-refractivity contribution in [3.05, 3.63) is 48.4 Å². The molecule has 0 atom stereocenters. The first-order valence-electron chi connectivity index (χ1n) is 6.99. The number of anilines is 1. The van der Waals surface area contributed by atoms with E-state index in [4.69, 9.17) is 10.5 Å². The van der Waals surface area contributed by atoms with E-state index in [9.17, 15) is 0 Å². The van der Waals surface area contributed by atoms with Gasteiger partial charge < -0.3 is 15.4 Å². The molecule has 1 aliphatic heterocycles. The third-order valence-electron chi connectivity index (χ3n) is 3.46. The maximum absolute atomic E-state index is 5.76. The summed E-state index contributed by atoms with van der Waals surface area (Å²) >= 11 is 0. The number of allylic oxidation sites excluding steroid dienone is 1. The lowest BCUT2D eigenvalue weighted by molar-refractivity contribution is 0.0878. The van der Waals surface area contributed by atoms with Gasteiger partial charge in [-0.25, -0.2) is 4.98 Å². The van der Waals surface area contributed by atoms with E-state index in [1.807, 2.05) is 31.2 Å². The number of nitrogens with zero attached hydrogens (tertiary/aromatic N) is 2. The summed E-state index contributed by atoms with van der Waals surface area (Å²) in [6, 6.07) is 12.3. The smallest absolute Gasteiger partial charge is 0.180 e. The molecular formula is C16H19N3O. The summed E-state index contributed by atoms with van der Waals surface area (Å²) in [6.45, 7) is 3.72. The molecule has 2 heterocycles. The van der Waals surface area contributed by atoms with Crippen molar-refractivity contribution >= 4 is 16.7 Å². The number of benzene rings is 1. The first-order valence-corrected chi connectivity index (χ1v) is 6.99. The van der Waals surface area contributed by atoms with Crippen LogP contribution in [0.5, 0.6) is 0 Å². The average Bonchev–Trinajstić information content (AvgIpc) is 2.42. The van der Waals surface area contributed by atoms with E-state index in [0.717, 1.165) is 30.8 Å². The summed E-state index contributed by atoms with van der Waals surface area (Å²) < 4.78 is 5.64. The summed E-state index contributed by atoms with van der Waals surface area (Å²) in [6.07, 6.45) is 2.97. The molecule has 0 radical (unpaired) electrons. The summed E-state index contributed by atoms with van der Waals surface area (Å²) in [5.41, 5.74) is 6.79. The molecule has 3 rings (SSSR count). The fourth-order valence-corrected chi connectivity index (χ4v) is 2.37. The van der Waals surface area contributed by atoms with Crippen LogP contribution in [0.3, 0.4) is 0 Å². The van der Waals surface area contributed by atoms with Crippen molar-refractivity contribution in [1.29, 1.82) is 0 Å². The second-order valence-electron chi connectivity index (χ2n) is 5.02. The second kappa shape index (κ2) is 5.41. The number of pyridine rings is 1. The van der Waals surface area contributed by atoms with Crippen molar-refractivity contribution in [3.8, 4) is 0 Å². The van der Waals surface area contributed by atoms with Crippen molar-refractivity contribution in [3.63, 3.8) is 0 Å². The predicted molar refractivity (Wildman–Crippen MR) is 81.4 cm³/mol. The fourth-order valence-electron chi connectivity index (χ4n) is 2.37. The van der Waals surface area contributed by atoms with Gasteiger partial charge >= 0.3 is 0 Å². The Morgan fingerprint density at radius 3 is 2.95 bits per heavy atom. The van der Waals surface area contributed by atoms with Crippen molar-refractivity contribution in [1.82, 2.24) is 4.98 Å². The van der Waals surface area contributed by atoms with Gasteiger partial charge in [-0.2, -0.15) is 0 Å². The monoisotopic (exact) mass is 269 g/mol. The molecule has 1 aromatic carbocycles. The van der Waals surface area contributed by atoms with E-state index >= 15 is 0 Å². The number of aromatic nitrogens is 1. The molecule has 0 aliphatic carbocycles. The molecule has 2 aromatic rings. The Bertz CT molecular complexity index is 632. The fraction of sp³-hybridized carbons (Fsp3) is 0.312. The minimum Gasteiger partial charge on any atom is -0.473 e. The number of fused-ring (bicyclic) bond motifs is 1. The largest absolute Gasteiger partial charge is 0.473 e. The molecule has 104 valence electrons. The van der Waals surface area contributed by atoms with Crippen LogP contribution in [0.1, 0.15) is 13.3 Å². The molecule has 1 fully saturated rings. The first kappa shape index (κ1) is 12.8. The summed E-state index contributed by atoms with van der Waals surface area (Å²) in [7, 11) is 0. The summed E-state index contributed by atoms with van der Waals surface area (Å²) in [5.74, 6) is 1.53. The SMILES string of the molecule is CC/C=C(\N)OC1CN(c2ccc3ccccc3n2)C1. The van der Waals surface area contributed by atoms with Crippen molar-refractivity contribution < 1.29 is 4.74 Å². The van der Waals surface area contributed by atoms with Crippen LogP contribution in [0, 0.1) is 0 Å². The van der Waals surface area contributed by atoms with Crippen LogP contribution in [0.25, 0.3) is 10.9 Å². The normalized spacial score (nSPS) is 16.2. The zero-order valence-corrected chi connectivity index (χ0v) is 11.6. The van der Waals surface area contributed by atoms with Crippen LogP contribution >= 0.6 is 0 Å². The van der Waals surface area contributed by atoms with E-state index in [2.05, 4.69) is 28.1 Å². The number of rotatable bonds is 4. The number of para-hydroxylation sites is 1. The molecule has 1 aliphatic rings. The Labute approximate surface area is 118 Å². The standard InChI is InChI=1S/C16H19N3O/c1-2-5-15(17)20-13-10-19(11-13)16-9-8-12-6-3-4-7-14(12)18-16/h3-9,13H,2,10-11,17H2,1H3/b15-5+. The van der Waals surface area contributed by atoms with Crippen LogP contribution in [0.2, 0.25) is 0 Å². The molecule has 20 heavy (non-hydrogen) atoms. The molecular weight excluding hydrogens is 250 g/mol. The lowest BCUT2D eigenvalue weighted by Crippen LogP contribution is -2.52. The molecule has 2 N–H and O–H groups in total. The minimum atomic E-state index is 0.172. The minimum absolute atomic E-state index is 0.172. The highest BCUT2D eigenvalue weighted by Gasteiger charge is 2.29. The zero-order chi connectivity index (χ0) is 13.9. The first-order chi connectivity index (χ1) is 9.76. The predicted octanol–water partition coefficient (Wildman–Crippen LogP) is 2.65. The van der Waals surface area contributed by atoms with Gasteiger partial charge in [0.25, 0.3) is 0 Å². The third kappa shape index (κ3) is 2.54. The molecule has 0 bridgehead atoms. The molecule has 0 amide bonds. The Morgan fingerprint density at radius 1 is 1.35 bits per heavy atom. The van der Waals surface area contributed by atoms with Crippen molar-refractivity contribution in [2.75, 3.05) is 18.0 Å². The number of hydrogen-bond acceptors (Lipinski definition) is 4. The highest BCUT2D eigenvalue weighted by molar-refractivity contribution is 5.80. The van der Waals surface area contributed by atoms with Crippen LogP contribution in [-0.2, 0) is 4.74 Å². The number of ether oxygens (including phenoxy) is 1. The molecule has 4 heteroatoms. The van der Waals surface area contributed by atoms with Crippen LogP contribution in [0.4, 0.5) is 5.82 Å². The van der Waals surface area contributed by atoms with Crippen molar-refractivity contribution in [2.24, 2.45) is 5.73 Å². The Morgan fingerprint density at radius 2 is 2.15 bits per heavy atom. The van der Waals surface area contributed by atoms with Crippen LogP contribution in [-0.4, -0.2) is 24.2 Å². The number of hydrogen-bond donors (Lipinski definition) is 1. The molecule has 1 saturated heterocycles. The molecule has 4 nitrogen and oxygen atoms in total. The average molecular weight is 269 g/mol. The van der Waals surface area contributed by atoms with Crippen LogP contribution < -0.4 is 10.6 Å². The molecule has 0 unspecified atom stereocenters. The highest BCUT2D eigenvalue weighted by atomic mass is 16.5. The highest BCUT2D eigenvalue weighted by Crippen LogP contribution is 2.23. The van der Waals surface area contributed by atoms with Gasteiger partial charge in [-0.15, -0.1) is 0 Å². The van der Waals surface area contributed by atoms with Gasteiger partial charge in [-0.3, -0.25) is 0 Å². The Balaban J connectivity index is 1.65. The van der Waals surface area contributed by atoms with Gasteiger partial charge in [0.05, 0.1) is 18.6 Å². The number of nitrogens with two attached hydrogens (primary N) is 1. The zero-order valence-electron chi connectivity index (χ0n) is 11.6. The molecule has 1 aromatic heterocycles. The second-order valence-corrected chi connectivity index (χ2v) is 5.02. The topological polar surface area (TPSA) is 51.4 Å².